The van der Waals surface area contributed by atoms with Gasteiger partial charge in [0.05, 0.1) is 11.9 Å². The van der Waals surface area contributed by atoms with Crippen molar-refractivity contribution in [1.82, 2.24) is 0 Å². The number of hydrogen-bond acceptors (Lipinski definition) is 3. The van der Waals surface area contributed by atoms with Crippen LogP contribution in [0.5, 0.6) is 0 Å². The molecule has 0 unspecified atom stereocenters. The molecule has 7 atom stereocenters. The second-order valence-corrected chi connectivity index (χ2v) is 9.88. The van der Waals surface area contributed by atoms with Crippen molar-refractivity contribution in [3.8, 4) is 0 Å². The lowest BCUT2D eigenvalue weighted by molar-refractivity contribution is -0.147. The molecule has 24 heavy (non-hydrogen) atoms. The number of carbonyl (C=O) groups is 1. The largest absolute Gasteiger partial charge is 0.515 e. The Balaban J connectivity index is 1.67. The van der Waals surface area contributed by atoms with Crippen LogP contribution in [0.3, 0.4) is 0 Å². The minimum absolute atomic E-state index is 0.0531. The van der Waals surface area contributed by atoms with Gasteiger partial charge in [0.15, 0.2) is 5.78 Å². The fourth-order valence-electron chi connectivity index (χ4n) is 7.37. The van der Waals surface area contributed by atoms with E-state index in [4.69, 9.17) is 0 Å². The molecule has 4 rings (SSSR count). The topological polar surface area (TPSA) is 57.5 Å². The number of hydrogen-bond donors (Lipinski definition) is 2. The average molecular weight is 332 g/mol. The van der Waals surface area contributed by atoms with E-state index in [0.717, 1.165) is 44.8 Å². The van der Waals surface area contributed by atoms with Gasteiger partial charge in [-0.2, -0.15) is 0 Å². The molecule has 4 fully saturated rings. The quantitative estimate of drug-likeness (QED) is 0.510. The van der Waals surface area contributed by atoms with E-state index in [0.29, 0.717) is 35.7 Å². The van der Waals surface area contributed by atoms with Crippen LogP contribution in [-0.2, 0) is 4.79 Å². The zero-order valence-corrected chi connectivity index (χ0v) is 15.3. The molecule has 4 aliphatic carbocycles. The summed E-state index contributed by atoms with van der Waals surface area (Å²) in [6, 6.07) is 0. The maximum Gasteiger partial charge on any atom is 0.162 e. The molecule has 0 aromatic carbocycles. The Labute approximate surface area is 145 Å². The standard InChI is InChI=1S/C21H32O3/c1-19-11-13(12-22)18(23)10-14(19)4-5-15-16(19)6-8-20(2)17(15)7-9-21(20,3)24/h12,14-17,22,24H,4-11H2,1-3H3/b13-12-/t14-,15+,16-,17-,19-,20-,21+/m0/s1. The molecule has 0 aromatic rings. The maximum atomic E-state index is 12.2. The number of aliphatic hydroxyl groups is 2. The summed E-state index contributed by atoms with van der Waals surface area (Å²) in [7, 11) is 0. The summed E-state index contributed by atoms with van der Waals surface area (Å²) < 4.78 is 0. The summed E-state index contributed by atoms with van der Waals surface area (Å²) in [6.45, 7) is 6.74. The van der Waals surface area contributed by atoms with Crippen molar-refractivity contribution >= 4 is 5.78 Å². The summed E-state index contributed by atoms with van der Waals surface area (Å²) in [4.78, 5) is 12.2. The second-order valence-electron chi connectivity index (χ2n) is 9.88. The van der Waals surface area contributed by atoms with Crippen molar-refractivity contribution in [2.45, 2.75) is 77.7 Å². The molecule has 0 aliphatic heterocycles. The van der Waals surface area contributed by atoms with Crippen molar-refractivity contribution in [3.63, 3.8) is 0 Å². The number of fused-ring (bicyclic) bond motifs is 5. The first kappa shape index (κ1) is 16.6. The molecule has 0 bridgehead atoms. The van der Waals surface area contributed by atoms with Gasteiger partial charge in [-0.25, -0.2) is 0 Å². The van der Waals surface area contributed by atoms with E-state index in [2.05, 4.69) is 13.8 Å². The van der Waals surface area contributed by atoms with Crippen LogP contribution < -0.4 is 0 Å². The zero-order chi connectivity index (χ0) is 17.3. The predicted molar refractivity (Wildman–Crippen MR) is 93.5 cm³/mol. The Morgan fingerprint density at radius 3 is 2.46 bits per heavy atom. The van der Waals surface area contributed by atoms with Crippen molar-refractivity contribution in [2.75, 3.05) is 0 Å². The highest BCUT2D eigenvalue weighted by Gasteiger charge is 2.63. The first-order valence-electron chi connectivity index (χ1n) is 9.82. The van der Waals surface area contributed by atoms with Gasteiger partial charge in [0.25, 0.3) is 0 Å². The summed E-state index contributed by atoms with van der Waals surface area (Å²) in [6.07, 6.45) is 9.11. The zero-order valence-electron chi connectivity index (χ0n) is 15.3. The van der Waals surface area contributed by atoms with Crippen LogP contribution in [-0.4, -0.2) is 21.6 Å². The normalized spacial score (nSPS) is 55.8. The average Bonchev–Trinajstić information content (AvgIpc) is 2.77. The fourth-order valence-corrected chi connectivity index (χ4v) is 7.37. The lowest BCUT2D eigenvalue weighted by atomic mass is 9.44. The molecule has 3 nitrogen and oxygen atoms in total. The number of rotatable bonds is 0. The molecule has 0 saturated heterocycles. The summed E-state index contributed by atoms with van der Waals surface area (Å²) >= 11 is 0. The Morgan fingerprint density at radius 2 is 1.75 bits per heavy atom. The van der Waals surface area contributed by atoms with Gasteiger partial charge in [-0.05, 0) is 86.4 Å². The van der Waals surface area contributed by atoms with Crippen LogP contribution in [0.15, 0.2) is 11.8 Å². The van der Waals surface area contributed by atoms with Crippen LogP contribution in [0.25, 0.3) is 0 Å². The van der Waals surface area contributed by atoms with Crippen LogP contribution in [0.2, 0.25) is 0 Å². The number of carbonyl (C=O) groups excluding carboxylic acids is 1. The van der Waals surface area contributed by atoms with Crippen LogP contribution >= 0.6 is 0 Å². The molecule has 0 amide bonds. The van der Waals surface area contributed by atoms with Gasteiger partial charge in [0, 0.05) is 12.0 Å². The summed E-state index contributed by atoms with van der Waals surface area (Å²) in [5.74, 6) is 2.55. The van der Waals surface area contributed by atoms with E-state index in [9.17, 15) is 15.0 Å². The molecule has 0 heterocycles. The molecular weight excluding hydrogens is 300 g/mol. The van der Waals surface area contributed by atoms with E-state index in [1.165, 1.54) is 6.42 Å². The van der Waals surface area contributed by atoms with E-state index >= 15 is 0 Å². The van der Waals surface area contributed by atoms with Crippen LogP contribution in [0, 0.1) is 34.5 Å². The Hall–Kier alpha value is -0.830. The number of aliphatic hydroxyl groups excluding tert-OH is 1. The fraction of sp³-hybridized carbons (Fsp3) is 0.857. The van der Waals surface area contributed by atoms with Crippen LogP contribution in [0.4, 0.5) is 0 Å². The Morgan fingerprint density at radius 1 is 1.04 bits per heavy atom. The van der Waals surface area contributed by atoms with Crippen molar-refractivity contribution in [1.29, 1.82) is 0 Å². The van der Waals surface area contributed by atoms with Gasteiger partial charge in [0.2, 0.25) is 0 Å². The first-order valence-corrected chi connectivity index (χ1v) is 9.82. The maximum absolute atomic E-state index is 12.2. The molecule has 0 aromatic heterocycles. The third kappa shape index (κ3) is 1.97. The lowest BCUT2D eigenvalue weighted by Gasteiger charge is -2.61. The smallest absolute Gasteiger partial charge is 0.162 e. The predicted octanol–water partition coefficient (Wildman–Crippen LogP) is 4.40. The third-order valence-corrected chi connectivity index (χ3v) is 9.14. The van der Waals surface area contributed by atoms with Gasteiger partial charge < -0.3 is 10.2 Å². The molecule has 4 saturated carbocycles. The minimum atomic E-state index is -0.529. The van der Waals surface area contributed by atoms with E-state index in [1.807, 2.05) is 6.92 Å². The highest BCUT2D eigenvalue weighted by Crippen LogP contribution is 2.68. The Bertz CT molecular complexity index is 592. The van der Waals surface area contributed by atoms with Gasteiger partial charge in [-0.1, -0.05) is 13.8 Å². The number of Topliss-reactive ketones (excluding diaryl/α,β-unsaturated/α-hetero) is 1. The minimum Gasteiger partial charge on any atom is -0.515 e. The highest BCUT2D eigenvalue weighted by molar-refractivity contribution is 5.96. The van der Waals surface area contributed by atoms with E-state index in [1.54, 1.807) is 0 Å². The van der Waals surface area contributed by atoms with Crippen molar-refractivity contribution in [3.05, 3.63) is 11.8 Å². The third-order valence-electron chi connectivity index (χ3n) is 9.14. The van der Waals surface area contributed by atoms with Gasteiger partial charge >= 0.3 is 0 Å². The van der Waals surface area contributed by atoms with E-state index in [-0.39, 0.29) is 16.6 Å². The van der Waals surface area contributed by atoms with Gasteiger partial charge in [0.1, 0.15) is 0 Å². The van der Waals surface area contributed by atoms with E-state index < -0.39 is 5.60 Å². The SMILES string of the molecule is C[C@]12C/C(=C/O)C(=O)C[C@@H]1CC[C@@H]1[C@@H]2CC[C@@]2(C)[C@H]1CC[C@@]2(C)O. The molecule has 0 radical (unpaired) electrons. The van der Waals surface area contributed by atoms with Gasteiger partial charge in [-0.3, -0.25) is 4.79 Å². The molecule has 3 heteroatoms. The molecule has 134 valence electrons. The first-order chi connectivity index (χ1) is 11.2. The number of ketones is 1. The lowest BCUT2D eigenvalue weighted by Crippen LogP contribution is -2.56. The molecule has 4 aliphatic rings. The summed E-state index contributed by atoms with van der Waals surface area (Å²) in [5.41, 5.74) is 0.304. The van der Waals surface area contributed by atoms with Gasteiger partial charge in [-0.15, -0.1) is 0 Å². The second kappa shape index (κ2) is 5.09. The molecular formula is C21H32O3. The van der Waals surface area contributed by atoms with Crippen LogP contribution in [0.1, 0.15) is 72.1 Å². The molecule has 0 spiro atoms. The highest BCUT2D eigenvalue weighted by atomic mass is 16.3. The molecule has 2 N–H and O–H groups in total. The van der Waals surface area contributed by atoms with Crippen molar-refractivity contribution in [2.24, 2.45) is 34.5 Å². The Kier molecular flexibility index (Phi) is 3.53. The van der Waals surface area contributed by atoms with Crippen molar-refractivity contribution < 1.29 is 15.0 Å². The monoisotopic (exact) mass is 332 g/mol. The number of allylic oxidation sites excluding steroid dienone is 1. The summed E-state index contributed by atoms with van der Waals surface area (Å²) in [5, 5.41) is 20.5.